The van der Waals surface area contributed by atoms with E-state index in [0.717, 1.165) is 26.6 Å². The van der Waals surface area contributed by atoms with E-state index in [-0.39, 0.29) is 23.7 Å². The quantitative estimate of drug-likeness (QED) is 0.315. The first kappa shape index (κ1) is 23.5. The number of hydrogen-bond acceptors (Lipinski definition) is 4. The van der Waals surface area contributed by atoms with Crippen LogP contribution in [0, 0.1) is 11.6 Å². The van der Waals surface area contributed by atoms with Crippen LogP contribution in [0.3, 0.4) is 0 Å². The van der Waals surface area contributed by atoms with E-state index in [1.807, 2.05) is 36.1 Å². The zero-order valence-corrected chi connectivity index (χ0v) is 19.8. The number of alkyl halides is 1. The van der Waals surface area contributed by atoms with Crippen molar-refractivity contribution in [1.82, 2.24) is 4.90 Å². The number of carbonyl (C=O) groups is 1. The molecule has 0 spiro atoms. The van der Waals surface area contributed by atoms with Crippen LogP contribution >= 0.6 is 11.3 Å². The van der Waals surface area contributed by atoms with Crippen molar-refractivity contribution >= 4 is 33.5 Å². The molecule has 7 heteroatoms. The molecule has 2 atom stereocenters. The second-order valence-corrected chi connectivity index (χ2v) is 10.2. The number of benzene rings is 2. The minimum absolute atomic E-state index is 0.0331. The number of fused-ring (bicyclic) bond motifs is 3. The van der Waals surface area contributed by atoms with E-state index >= 15 is 8.78 Å². The summed E-state index contributed by atoms with van der Waals surface area (Å²) in [5.41, 5.74) is -0.610. The number of methoxy groups -OCH3 is 1. The first-order valence-corrected chi connectivity index (χ1v) is 11.6. The molecule has 0 radical (unpaired) electrons. The summed E-state index contributed by atoms with van der Waals surface area (Å²) in [6.45, 7) is 4.96. The van der Waals surface area contributed by atoms with Crippen molar-refractivity contribution in [3.8, 4) is 0 Å². The summed E-state index contributed by atoms with van der Waals surface area (Å²) in [7, 11) is 1.23. The Bertz CT molecular complexity index is 1200. The topological polar surface area (TPSA) is 29.5 Å². The fourth-order valence-corrected chi connectivity index (χ4v) is 5.91. The number of carbonyl (C=O) groups excluding carboxylic acids is 1. The minimum Gasteiger partial charge on any atom is -0.466 e. The maximum absolute atomic E-state index is 15.5. The van der Waals surface area contributed by atoms with Crippen LogP contribution in [0.2, 0.25) is 0 Å². The molecule has 1 aromatic heterocycles. The number of esters is 1. The Morgan fingerprint density at radius 3 is 2.52 bits per heavy atom. The van der Waals surface area contributed by atoms with Gasteiger partial charge in [0.05, 0.1) is 13.2 Å². The molecule has 2 aromatic carbocycles. The fraction of sp³-hybridized carbons (Fsp3) is 0.346. The zero-order chi connectivity index (χ0) is 23.9. The molecule has 3 nitrogen and oxygen atoms in total. The van der Waals surface area contributed by atoms with Gasteiger partial charge in [0.15, 0.2) is 0 Å². The van der Waals surface area contributed by atoms with Gasteiger partial charge in [-0.05, 0) is 68.0 Å². The molecule has 0 amide bonds. The summed E-state index contributed by atoms with van der Waals surface area (Å²) in [5.74, 6) is -2.09. The van der Waals surface area contributed by atoms with E-state index in [4.69, 9.17) is 0 Å². The third-order valence-electron chi connectivity index (χ3n) is 5.91. The van der Waals surface area contributed by atoms with Crippen molar-refractivity contribution in [3.63, 3.8) is 0 Å². The molecule has 4 rings (SSSR count). The number of hydrogen-bond donors (Lipinski definition) is 0. The van der Waals surface area contributed by atoms with Crippen molar-refractivity contribution in [2.75, 3.05) is 13.7 Å². The van der Waals surface area contributed by atoms with E-state index in [0.29, 0.717) is 6.42 Å². The summed E-state index contributed by atoms with van der Waals surface area (Å²) in [6, 6.07) is 9.31. The van der Waals surface area contributed by atoms with Gasteiger partial charge in [-0.15, -0.1) is 11.3 Å². The Balaban J connectivity index is 1.91. The molecule has 0 N–H and O–H groups in total. The minimum atomic E-state index is -1.55. The Kier molecular flexibility index (Phi) is 6.38. The second-order valence-electron chi connectivity index (χ2n) is 9.04. The molecule has 0 aliphatic carbocycles. The molecule has 174 valence electrons. The van der Waals surface area contributed by atoms with Gasteiger partial charge in [-0.3, -0.25) is 4.90 Å². The molecular formula is C26H26F3NO2S. The highest BCUT2D eigenvalue weighted by Gasteiger charge is 2.41. The number of ether oxygens (including phenoxy) is 1. The molecule has 3 aromatic rings. The Morgan fingerprint density at radius 2 is 1.88 bits per heavy atom. The Hall–Kier alpha value is -2.64. The average molecular weight is 474 g/mol. The molecule has 2 heterocycles. The Morgan fingerprint density at radius 1 is 1.21 bits per heavy atom. The first-order chi connectivity index (χ1) is 15.6. The number of thiophene rings is 1. The summed E-state index contributed by atoms with van der Waals surface area (Å²) in [4.78, 5) is 14.3. The highest BCUT2D eigenvalue weighted by molar-refractivity contribution is 7.19. The molecule has 0 saturated carbocycles. The normalized spacial score (nSPS) is 19.2. The lowest BCUT2D eigenvalue weighted by Gasteiger charge is -2.43. The van der Waals surface area contributed by atoms with Gasteiger partial charge in [-0.25, -0.2) is 18.0 Å². The molecule has 1 aliphatic heterocycles. The SMILES string of the molecule is COC(=O)/C=C/c1cc(F)c(C2c3c(sc4ccccc34)CC(C)N2CC(C)(C)F)c(F)c1. The van der Waals surface area contributed by atoms with Crippen LogP contribution in [0.15, 0.2) is 42.5 Å². The predicted octanol–water partition coefficient (Wildman–Crippen LogP) is 6.45. The molecule has 0 bridgehead atoms. The van der Waals surface area contributed by atoms with E-state index in [9.17, 15) is 9.18 Å². The van der Waals surface area contributed by atoms with Crippen molar-refractivity contribution < 1.29 is 22.7 Å². The van der Waals surface area contributed by atoms with Gasteiger partial charge >= 0.3 is 5.97 Å². The number of rotatable bonds is 5. The van der Waals surface area contributed by atoms with Crippen LogP contribution in [0.5, 0.6) is 0 Å². The maximum Gasteiger partial charge on any atom is 0.330 e. The number of nitrogens with zero attached hydrogens (tertiary/aromatic N) is 1. The maximum atomic E-state index is 15.5. The summed E-state index contributed by atoms with van der Waals surface area (Å²) >= 11 is 1.62. The first-order valence-electron chi connectivity index (χ1n) is 10.8. The molecule has 33 heavy (non-hydrogen) atoms. The third kappa shape index (κ3) is 4.70. The van der Waals surface area contributed by atoms with Gasteiger partial charge in [0.2, 0.25) is 0 Å². The van der Waals surface area contributed by atoms with Gasteiger partial charge < -0.3 is 4.74 Å². The van der Waals surface area contributed by atoms with Crippen molar-refractivity contribution in [3.05, 3.63) is 75.7 Å². The van der Waals surface area contributed by atoms with Gasteiger partial charge in [0, 0.05) is 33.8 Å². The largest absolute Gasteiger partial charge is 0.466 e. The second kappa shape index (κ2) is 8.95. The smallest absolute Gasteiger partial charge is 0.330 e. The van der Waals surface area contributed by atoms with Crippen LogP contribution in [-0.2, 0) is 16.0 Å². The highest BCUT2D eigenvalue weighted by Crippen LogP contribution is 2.47. The van der Waals surface area contributed by atoms with Crippen molar-refractivity contribution in [1.29, 1.82) is 0 Å². The van der Waals surface area contributed by atoms with E-state index in [1.54, 1.807) is 11.3 Å². The van der Waals surface area contributed by atoms with Gasteiger partial charge in [0.1, 0.15) is 17.3 Å². The lowest BCUT2D eigenvalue weighted by atomic mass is 9.86. The third-order valence-corrected chi connectivity index (χ3v) is 7.12. The summed E-state index contributed by atoms with van der Waals surface area (Å²) in [6.07, 6.45) is 3.10. The van der Waals surface area contributed by atoms with Gasteiger partial charge in [-0.1, -0.05) is 18.2 Å². The molecule has 0 saturated heterocycles. The van der Waals surface area contributed by atoms with Crippen LogP contribution in [0.1, 0.15) is 48.4 Å². The zero-order valence-electron chi connectivity index (χ0n) is 19.0. The van der Waals surface area contributed by atoms with Crippen LogP contribution in [0.25, 0.3) is 16.2 Å². The lowest BCUT2D eigenvalue weighted by Crippen LogP contribution is -2.47. The molecule has 0 fully saturated rings. The van der Waals surface area contributed by atoms with Gasteiger partial charge in [0.25, 0.3) is 0 Å². The molecule has 2 unspecified atom stereocenters. The summed E-state index contributed by atoms with van der Waals surface area (Å²) in [5, 5.41) is 0.935. The standard InChI is InChI=1S/C26H26F3NO2S/c1-15-11-21-23(17-7-5-6-8-20(17)33-21)25(30(15)14-26(2,3)29)24-18(27)12-16(13-19(24)28)9-10-22(31)32-4/h5-10,12-13,15,25H,11,14H2,1-4H3/b10-9+. The molecule has 1 aliphatic rings. The average Bonchev–Trinajstić information content (AvgIpc) is 3.10. The highest BCUT2D eigenvalue weighted by atomic mass is 32.1. The van der Waals surface area contributed by atoms with E-state index < -0.39 is 29.3 Å². The monoisotopic (exact) mass is 473 g/mol. The van der Waals surface area contributed by atoms with Crippen molar-refractivity contribution in [2.45, 2.75) is 44.9 Å². The lowest BCUT2D eigenvalue weighted by molar-refractivity contribution is -0.134. The fourth-order valence-electron chi connectivity index (χ4n) is 4.56. The van der Waals surface area contributed by atoms with Crippen molar-refractivity contribution in [2.24, 2.45) is 0 Å². The predicted molar refractivity (Wildman–Crippen MR) is 126 cm³/mol. The van der Waals surface area contributed by atoms with Crippen LogP contribution in [-0.4, -0.2) is 36.2 Å². The summed E-state index contributed by atoms with van der Waals surface area (Å²) < 4.78 is 51.5. The molecular weight excluding hydrogens is 447 g/mol. The van der Waals surface area contributed by atoms with E-state index in [2.05, 4.69) is 4.74 Å². The van der Waals surface area contributed by atoms with Gasteiger partial charge in [-0.2, -0.15) is 0 Å². The Labute approximate surface area is 195 Å². The van der Waals surface area contributed by atoms with Crippen LogP contribution in [0.4, 0.5) is 13.2 Å². The van der Waals surface area contributed by atoms with E-state index in [1.165, 1.54) is 39.2 Å². The van der Waals surface area contributed by atoms with Crippen LogP contribution < -0.4 is 0 Å². The number of halogens is 3.